The fourth-order valence-electron chi connectivity index (χ4n) is 3.71. The van der Waals surface area contributed by atoms with Crippen LogP contribution in [0.5, 0.6) is 5.75 Å². The quantitative estimate of drug-likeness (QED) is 0.394. The molecule has 1 aliphatic rings. The van der Waals surface area contributed by atoms with Gasteiger partial charge in [0.15, 0.2) is 0 Å². The smallest absolute Gasteiger partial charge is 0.119 e. The summed E-state index contributed by atoms with van der Waals surface area (Å²) in [5, 5.41) is 30.1. The average Bonchev–Trinajstić information content (AvgIpc) is 2.78. The van der Waals surface area contributed by atoms with Crippen molar-refractivity contribution in [3.05, 3.63) is 64.2 Å². The Morgan fingerprint density at radius 2 is 1.97 bits per heavy atom. The molecule has 3 N–H and O–H groups in total. The van der Waals surface area contributed by atoms with E-state index >= 15 is 0 Å². The van der Waals surface area contributed by atoms with Crippen LogP contribution in [-0.2, 0) is 15.9 Å². The van der Waals surface area contributed by atoms with Gasteiger partial charge in [-0.1, -0.05) is 41.8 Å². The number of ether oxygens (including phenoxy) is 3. The molecule has 6 nitrogen and oxygen atoms in total. The van der Waals surface area contributed by atoms with Crippen LogP contribution >= 0.6 is 11.6 Å². The van der Waals surface area contributed by atoms with E-state index in [0.29, 0.717) is 18.1 Å². The van der Waals surface area contributed by atoms with Gasteiger partial charge in [-0.3, -0.25) is 0 Å². The molecular formula is C25H29ClO6. The third-order valence-electron chi connectivity index (χ3n) is 5.38. The van der Waals surface area contributed by atoms with E-state index in [-0.39, 0.29) is 25.7 Å². The molecule has 7 heteroatoms. The number of aliphatic hydroxyl groups excluding tert-OH is 3. The summed E-state index contributed by atoms with van der Waals surface area (Å²) < 4.78 is 16.9. The Balaban J connectivity index is 1.66. The van der Waals surface area contributed by atoms with Crippen LogP contribution in [0.15, 0.2) is 42.5 Å². The number of benzene rings is 2. The summed E-state index contributed by atoms with van der Waals surface area (Å²) in [5.74, 6) is 3.16. The van der Waals surface area contributed by atoms with E-state index in [0.717, 1.165) is 22.4 Å². The molecule has 2 aromatic carbocycles. The van der Waals surface area contributed by atoms with Gasteiger partial charge in [-0.2, -0.15) is 0 Å². The molecule has 1 unspecified atom stereocenters. The highest BCUT2D eigenvalue weighted by atomic mass is 35.5. The van der Waals surface area contributed by atoms with Crippen LogP contribution < -0.4 is 4.74 Å². The van der Waals surface area contributed by atoms with E-state index in [1.54, 1.807) is 6.07 Å². The largest absolute Gasteiger partial charge is 0.488 e. The summed E-state index contributed by atoms with van der Waals surface area (Å²) in [6, 6.07) is 13.4. The Labute approximate surface area is 193 Å². The second-order valence-corrected chi connectivity index (χ2v) is 8.37. The zero-order valence-electron chi connectivity index (χ0n) is 18.0. The highest BCUT2D eigenvalue weighted by Crippen LogP contribution is 2.34. The van der Waals surface area contributed by atoms with Crippen molar-refractivity contribution in [3.63, 3.8) is 0 Å². The number of aliphatic hydroxyl groups is 3. The van der Waals surface area contributed by atoms with Crippen LogP contribution in [-0.4, -0.2) is 59.6 Å². The fraction of sp³-hybridized carbons (Fsp3) is 0.440. The number of terminal acetylenes is 1. The SMILES string of the molecule is C#CCOCC(C)Oc1ccc(Cc2cc([C@H]3C[C@@H](O)[C@H](O)[C@@H](CO)O3)ccc2Cl)cc1. The predicted molar refractivity (Wildman–Crippen MR) is 122 cm³/mol. The molecule has 172 valence electrons. The first-order chi connectivity index (χ1) is 15.4. The molecule has 32 heavy (non-hydrogen) atoms. The van der Waals surface area contributed by atoms with E-state index in [1.165, 1.54) is 0 Å². The molecule has 1 fully saturated rings. The van der Waals surface area contributed by atoms with Gasteiger partial charge in [0.25, 0.3) is 0 Å². The van der Waals surface area contributed by atoms with Gasteiger partial charge in [-0.15, -0.1) is 6.42 Å². The molecule has 0 amide bonds. The number of rotatable bonds is 9. The normalized spacial score (nSPS) is 24.0. The van der Waals surface area contributed by atoms with Crippen molar-refractivity contribution in [2.75, 3.05) is 19.8 Å². The van der Waals surface area contributed by atoms with Crippen LogP contribution in [0.1, 0.15) is 36.1 Å². The maximum absolute atomic E-state index is 10.1. The van der Waals surface area contributed by atoms with Crippen molar-refractivity contribution in [2.24, 2.45) is 0 Å². The number of hydrogen-bond acceptors (Lipinski definition) is 6. The highest BCUT2D eigenvalue weighted by molar-refractivity contribution is 6.31. The molecule has 0 aromatic heterocycles. The monoisotopic (exact) mass is 460 g/mol. The second-order valence-electron chi connectivity index (χ2n) is 7.96. The van der Waals surface area contributed by atoms with Crippen LogP contribution in [0.4, 0.5) is 0 Å². The van der Waals surface area contributed by atoms with Crippen molar-refractivity contribution in [2.45, 2.75) is 50.3 Å². The molecular weight excluding hydrogens is 432 g/mol. The van der Waals surface area contributed by atoms with E-state index in [2.05, 4.69) is 5.92 Å². The van der Waals surface area contributed by atoms with E-state index in [1.807, 2.05) is 43.3 Å². The molecule has 1 saturated heterocycles. The van der Waals surface area contributed by atoms with Gasteiger partial charge in [0, 0.05) is 11.4 Å². The molecule has 1 aliphatic heterocycles. The second kappa shape index (κ2) is 11.7. The molecule has 3 rings (SSSR count). The molecule has 2 aromatic rings. The summed E-state index contributed by atoms with van der Waals surface area (Å²) in [4.78, 5) is 0. The fourth-order valence-corrected chi connectivity index (χ4v) is 3.89. The topological polar surface area (TPSA) is 88.4 Å². The first-order valence-corrected chi connectivity index (χ1v) is 11.0. The minimum atomic E-state index is -1.10. The van der Waals surface area contributed by atoms with Crippen LogP contribution in [0.2, 0.25) is 5.02 Å². The van der Waals surface area contributed by atoms with Gasteiger partial charge in [0.1, 0.15) is 30.7 Å². The average molecular weight is 461 g/mol. The van der Waals surface area contributed by atoms with Crippen LogP contribution in [0.3, 0.4) is 0 Å². The molecule has 0 bridgehead atoms. The van der Waals surface area contributed by atoms with Crippen molar-refractivity contribution < 1.29 is 29.5 Å². The Morgan fingerprint density at radius 3 is 2.66 bits per heavy atom. The van der Waals surface area contributed by atoms with Crippen molar-refractivity contribution in [1.82, 2.24) is 0 Å². The minimum Gasteiger partial charge on any atom is -0.488 e. The maximum atomic E-state index is 10.1. The minimum absolute atomic E-state index is 0.118. The summed E-state index contributed by atoms with van der Waals surface area (Å²) in [6.07, 6.45) is 2.58. The zero-order valence-corrected chi connectivity index (χ0v) is 18.7. The van der Waals surface area contributed by atoms with Gasteiger partial charge in [-0.25, -0.2) is 0 Å². The lowest BCUT2D eigenvalue weighted by Gasteiger charge is -2.36. The Bertz CT molecular complexity index is 910. The van der Waals surface area contributed by atoms with Gasteiger partial charge >= 0.3 is 0 Å². The molecule has 0 radical (unpaired) electrons. The van der Waals surface area contributed by atoms with E-state index in [4.69, 9.17) is 32.2 Å². The number of hydrogen-bond donors (Lipinski definition) is 3. The maximum Gasteiger partial charge on any atom is 0.119 e. The van der Waals surface area contributed by atoms with Gasteiger partial charge in [0.2, 0.25) is 0 Å². The molecule has 0 saturated carbocycles. The van der Waals surface area contributed by atoms with E-state index in [9.17, 15) is 15.3 Å². The molecule has 1 heterocycles. The summed E-state index contributed by atoms with van der Waals surface area (Å²) >= 11 is 6.43. The summed E-state index contributed by atoms with van der Waals surface area (Å²) in [7, 11) is 0. The molecule has 5 atom stereocenters. The van der Waals surface area contributed by atoms with Crippen LogP contribution in [0, 0.1) is 12.3 Å². The third kappa shape index (κ3) is 6.46. The lowest BCUT2D eigenvalue weighted by molar-refractivity contribution is -0.181. The van der Waals surface area contributed by atoms with Gasteiger partial charge in [0.05, 0.1) is 25.4 Å². The lowest BCUT2D eigenvalue weighted by atomic mass is 9.92. The Hall–Kier alpha value is -2.11. The standard InChI is InChI=1S/C25H29ClO6/c1-3-10-30-15-16(2)31-20-7-4-17(5-8-20)11-19-12-18(6-9-21(19)26)23-13-22(28)25(29)24(14-27)32-23/h1,4-9,12,16,22-25,27-29H,10-11,13-15H2,2H3/t16?,22-,23-,24-,25+/m1/s1. The van der Waals surface area contributed by atoms with Gasteiger partial charge < -0.3 is 29.5 Å². The lowest BCUT2D eigenvalue weighted by Crippen LogP contribution is -2.47. The van der Waals surface area contributed by atoms with Crippen LogP contribution in [0.25, 0.3) is 0 Å². The molecule has 0 aliphatic carbocycles. The Kier molecular flexibility index (Phi) is 8.94. The molecule has 0 spiro atoms. The van der Waals surface area contributed by atoms with Crippen molar-refractivity contribution in [3.8, 4) is 18.1 Å². The predicted octanol–water partition coefficient (Wildman–Crippen LogP) is 2.89. The summed E-state index contributed by atoms with van der Waals surface area (Å²) in [5.41, 5.74) is 2.81. The first-order valence-electron chi connectivity index (χ1n) is 10.6. The Morgan fingerprint density at radius 1 is 1.22 bits per heavy atom. The van der Waals surface area contributed by atoms with Crippen molar-refractivity contribution in [1.29, 1.82) is 0 Å². The third-order valence-corrected chi connectivity index (χ3v) is 5.75. The van der Waals surface area contributed by atoms with E-state index < -0.39 is 24.4 Å². The zero-order chi connectivity index (χ0) is 23.1. The summed E-state index contributed by atoms with van der Waals surface area (Å²) in [6.45, 7) is 2.23. The van der Waals surface area contributed by atoms with Gasteiger partial charge in [-0.05, 0) is 48.2 Å². The van der Waals surface area contributed by atoms with Crippen molar-refractivity contribution >= 4 is 11.6 Å². The highest BCUT2D eigenvalue weighted by Gasteiger charge is 2.37. The first kappa shape index (κ1) is 24.5. The number of halogens is 1.